The van der Waals surface area contributed by atoms with Crippen molar-refractivity contribution in [3.63, 3.8) is 0 Å². The Morgan fingerprint density at radius 1 is 0.917 bits per heavy atom. The van der Waals surface area contributed by atoms with Crippen LogP contribution in [0.5, 0.6) is 0 Å². The van der Waals surface area contributed by atoms with Gasteiger partial charge < -0.3 is 9.64 Å². The van der Waals surface area contributed by atoms with Gasteiger partial charge >= 0.3 is 5.97 Å². The maximum absolute atomic E-state index is 13.6. The highest BCUT2D eigenvalue weighted by atomic mass is 16.5. The molecule has 0 saturated carbocycles. The second-order valence-electron chi connectivity index (χ2n) is 9.32. The van der Waals surface area contributed by atoms with E-state index in [1.54, 1.807) is 11.9 Å². The third-order valence-corrected chi connectivity index (χ3v) is 7.16. The summed E-state index contributed by atoms with van der Waals surface area (Å²) in [6.07, 6.45) is 2.02. The molecule has 2 atom stereocenters. The van der Waals surface area contributed by atoms with E-state index in [9.17, 15) is 14.4 Å². The molecule has 0 radical (unpaired) electrons. The highest BCUT2D eigenvalue weighted by Crippen LogP contribution is 2.48. The predicted molar refractivity (Wildman–Crippen MR) is 140 cm³/mol. The number of amides is 1. The first-order valence-electron chi connectivity index (χ1n) is 12.6. The number of fused-ring (bicyclic) bond motifs is 1. The van der Waals surface area contributed by atoms with Crippen LogP contribution in [0.25, 0.3) is 0 Å². The van der Waals surface area contributed by atoms with Crippen molar-refractivity contribution in [2.45, 2.75) is 43.9 Å². The van der Waals surface area contributed by atoms with Crippen molar-refractivity contribution in [1.82, 2.24) is 4.90 Å². The van der Waals surface area contributed by atoms with Crippen LogP contribution in [0.4, 0.5) is 0 Å². The Morgan fingerprint density at radius 2 is 1.56 bits per heavy atom. The molecule has 0 heterocycles. The smallest absolute Gasteiger partial charge is 0.321 e. The first-order valence-corrected chi connectivity index (χ1v) is 12.6. The van der Waals surface area contributed by atoms with Crippen LogP contribution >= 0.6 is 0 Å². The SMILES string of the molecule is CCOC(=O)[C@]1(c2ccccc2)CC[C@@H](C(=O)N(C)CCCC(=O)c2ccccc2)c2ccccc21. The zero-order valence-corrected chi connectivity index (χ0v) is 21.0. The molecule has 4 rings (SSSR count). The molecular weight excluding hydrogens is 450 g/mol. The lowest BCUT2D eigenvalue weighted by atomic mass is 9.63. The van der Waals surface area contributed by atoms with Gasteiger partial charge in [-0.3, -0.25) is 14.4 Å². The van der Waals surface area contributed by atoms with Crippen molar-refractivity contribution in [3.05, 3.63) is 107 Å². The minimum absolute atomic E-state index is 0.0140. The number of benzene rings is 3. The van der Waals surface area contributed by atoms with Gasteiger partial charge in [0.15, 0.2) is 5.78 Å². The quantitative estimate of drug-likeness (QED) is 0.296. The van der Waals surface area contributed by atoms with Gasteiger partial charge in [-0.1, -0.05) is 84.9 Å². The van der Waals surface area contributed by atoms with E-state index in [-0.39, 0.29) is 23.6 Å². The number of Topliss-reactive ketones (excluding diaryl/α,β-unsaturated/α-hetero) is 1. The van der Waals surface area contributed by atoms with Crippen LogP contribution in [-0.4, -0.2) is 42.8 Å². The maximum Gasteiger partial charge on any atom is 0.321 e. The number of hydrogen-bond donors (Lipinski definition) is 0. The molecule has 5 nitrogen and oxygen atoms in total. The fourth-order valence-corrected chi connectivity index (χ4v) is 5.33. The van der Waals surface area contributed by atoms with Gasteiger partial charge in [-0.05, 0) is 42.9 Å². The molecule has 0 aliphatic heterocycles. The van der Waals surface area contributed by atoms with Crippen LogP contribution in [0.2, 0.25) is 0 Å². The molecular formula is C31H33NO4. The molecule has 1 aliphatic rings. The third-order valence-electron chi connectivity index (χ3n) is 7.16. The lowest BCUT2D eigenvalue weighted by Gasteiger charge is -2.41. The summed E-state index contributed by atoms with van der Waals surface area (Å²) in [5.41, 5.74) is 2.36. The van der Waals surface area contributed by atoms with Crippen LogP contribution in [-0.2, 0) is 19.7 Å². The van der Waals surface area contributed by atoms with E-state index in [2.05, 4.69) is 0 Å². The molecule has 0 N–H and O–H groups in total. The van der Waals surface area contributed by atoms with Gasteiger partial charge in [-0.15, -0.1) is 0 Å². The van der Waals surface area contributed by atoms with Gasteiger partial charge in [0.25, 0.3) is 0 Å². The predicted octanol–water partition coefficient (Wildman–Crippen LogP) is 5.53. The number of ether oxygens (including phenoxy) is 1. The van der Waals surface area contributed by atoms with Crippen molar-refractivity contribution < 1.29 is 19.1 Å². The zero-order valence-electron chi connectivity index (χ0n) is 21.0. The number of likely N-dealkylation sites (N-methyl/N-ethyl adjacent to an activating group) is 1. The molecule has 1 amide bonds. The molecule has 0 saturated heterocycles. The Balaban J connectivity index is 1.55. The van der Waals surface area contributed by atoms with E-state index >= 15 is 0 Å². The Kier molecular flexibility index (Phi) is 7.99. The highest BCUT2D eigenvalue weighted by Gasteiger charge is 2.49. The normalized spacial score (nSPS) is 18.7. The zero-order chi connectivity index (χ0) is 25.5. The first kappa shape index (κ1) is 25.4. The van der Waals surface area contributed by atoms with Crippen LogP contribution < -0.4 is 0 Å². The topological polar surface area (TPSA) is 63.7 Å². The average molecular weight is 484 g/mol. The van der Waals surface area contributed by atoms with Crippen LogP contribution in [0.15, 0.2) is 84.9 Å². The number of esters is 1. The summed E-state index contributed by atoms with van der Waals surface area (Å²) >= 11 is 0. The molecule has 36 heavy (non-hydrogen) atoms. The van der Waals surface area contributed by atoms with Gasteiger partial charge in [0, 0.05) is 25.6 Å². The minimum atomic E-state index is -0.939. The van der Waals surface area contributed by atoms with E-state index in [0.29, 0.717) is 44.4 Å². The second-order valence-corrected chi connectivity index (χ2v) is 9.32. The summed E-state index contributed by atoms with van der Waals surface area (Å²) < 4.78 is 5.58. The van der Waals surface area contributed by atoms with Crippen LogP contribution in [0.1, 0.15) is 65.6 Å². The molecule has 5 heteroatoms. The van der Waals surface area contributed by atoms with E-state index in [0.717, 1.165) is 16.7 Å². The van der Waals surface area contributed by atoms with Gasteiger partial charge in [0.2, 0.25) is 5.91 Å². The molecule has 0 unspecified atom stereocenters. The standard InChI is InChI=1S/C31H33NO4/c1-3-36-30(35)31(24-15-8-5-9-16-24)21-20-26(25-17-10-11-18-27(25)31)29(34)32(2)22-12-19-28(33)23-13-6-4-7-14-23/h4-11,13-18,26H,3,12,19-22H2,1-2H3/t26-,31+/m1/s1. The first-order chi connectivity index (χ1) is 17.5. The maximum atomic E-state index is 13.6. The van der Waals surface area contributed by atoms with Gasteiger partial charge in [-0.2, -0.15) is 0 Å². The number of carbonyl (C=O) groups excluding carboxylic acids is 3. The Labute approximate surface area is 213 Å². The summed E-state index contributed by atoms with van der Waals surface area (Å²) in [5, 5.41) is 0. The lowest BCUT2D eigenvalue weighted by molar-refractivity contribution is -0.149. The molecule has 186 valence electrons. The summed E-state index contributed by atoms with van der Waals surface area (Å²) in [4.78, 5) is 41.2. The van der Waals surface area contributed by atoms with Crippen LogP contribution in [0.3, 0.4) is 0 Å². The minimum Gasteiger partial charge on any atom is -0.465 e. The highest BCUT2D eigenvalue weighted by molar-refractivity contribution is 5.96. The summed E-state index contributed by atoms with van der Waals surface area (Å²) in [6.45, 7) is 2.61. The van der Waals surface area contributed by atoms with E-state index < -0.39 is 5.41 Å². The lowest BCUT2D eigenvalue weighted by Crippen LogP contribution is -2.45. The second kappa shape index (κ2) is 11.3. The Bertz CT molecular complexity index is 1210. The van der Waals surface area contributed by atoms with Crippen molar-refractivity contribution >= 4 is 17.7 Å². The van der Waals surface area contributed by atoms with Crippen molar-refractivity contribution in [2.24, 2.45) is 0 Å². The third kappa shape index (κ3) is 4.97. The number of rotatable bonds is 9. The molecule has 0 aromatic heterocycles. The number of nitrogens with zero attached hydrogens (tertiary/aromatic N) is 1. The van der Waals surface area contributed by atoms with E-state index in [1.807, 2.05) is 91.9 Å². The molecule has 0 spiro atoms. The van der Waals surface area contributed by atoms with Crippen LogP contribution in [0, 0.1) is 0 Å². The molecule has 1 aliphatic carbocycles. The largest absolute Gasteiger partial charge is 0.465 e. The molecule has 3 aromatic rings. The monoisotopic (exact) mass is 483 g/mol. The molecule has 0 bridgehead atoms. The Hall–Kier alpha value is -3.73. The average Bonchev–Trinajstić information content (AvgIpc) is 2.93. The van der Waals surface area contributed by atoms with Crippen molar-refractivity contribution in [2.75, 3.05) is 20.2 Å². The molecule has 0 fully saturated rings. The van der Waals surface area contributed by atoms with E-state index in [4.69, 9.17) is 4.74 Å². The number of hydrogen-bond acceptors (Lipinski definition) is 4. The fourth-order valence-electron chi connectivity index (χ4n) is 5.33. The van der Waals surface area contributed by atoms with Crippen molar-refractivity contribution in [1.29, 1.82) is 0 Å². The van der Waals surface area contributed by atoms with Gasteiger partial charge in [0.1, 0.15) is 5.41 Å². The van der Waals surface area contributed by atoms with E-state index in [1.165, 1.54) is 0 Å². The fraction of sp³-hybridized carbons (Fsp3) is 0.323. The number of ketones is 1. The van der Waals surface area contributed by atoms with Gasteiger partial charge in [0.05, 0.1) is 12.5 Å². The summed E-state index contributed by atoms with van der Waals surface area (Å²) in [6, 6.07) is 26.7. The van der Waals surface area contributed by atoms with Gasteiger partial charge in [-0.25, -0.2) is 0 Å². The van der Waals surface area contributed by atoms with Crippen molar-refractivity contribution in [3.8, 4) is 0 Å². The Morgan fingerprint density at radius 3 is 2.25 bits per heavy atom. The number of carbonyl (C=O) groups is 3. The summed E-state index contributed by atoms with van der Waals surface area (Å²) in [7, 11) is 1.79. The molecule has 3 aromatic carbocycles. The summed E-state index contributed by atoms with van der Waals surface area (Å²) in [5.74, 6) is -0.522.